The van der Waals surface area contributed by atoms with Crippen molar-refractivity contribution in [2.75, 3.05) is 7.11 Å². The Kier molecular flexibility index (Phi) is 5.62. The van der Waals surface area contributed by atoms with Crippen LogP contribution in [0.1, 0.15) is 28.4 Å². The third-order valence-corrected chi connectivity index (χ3v) is 3.31. The minimum Gasteiger partial charge on any atom is -0.496 e. The molecule has 0 spiro atoms. The summed E-state index contributed by atoms with van der Waals surface area (Å²) in [5.41, 5.74) is 4.69. The molecule has 0 aliphatic heterocycles. The topological polar surface area (TPSA) is 101 Å². The maximum atomic E-state index is 11.9. The van der Waals surface area contributed by atoms with Crippen molar-refractivity contribution in [3.63, 3.8) is 0 Å². The van der Waals surface area contributed by atoms with Gasteiger partial charge in [-0.3, -0.25) is 14.6 Å². The number of hydrogen-bond acceptors (Lipinski definition) is 5. The minimum absolute atomic E-state index is 0.159. The standard InChI is InChI=1S/C17H17N3O4/c1-11(19-20-17(23)12-5-7-18-8-6-12)13-3-4-15(24-2)14(9-13)10-16(21)22/h3-9H,10H2,1-2H3,(H,20,23)(H,21,22)/b19-11-. The van der Waals surface area contributed by atoms with Crippen LogP contribution >= 0.6 is 0 Å². The average Bonchev–Trinajstić information content (AvgIpc) is 2.59. The van der Waals surface area contributed by atoms with Crippen LogP contribution in [0, 0.1) is 0 Å². The third-order valence-electron chi connectivity index (χ3n) is 3.31. The van der Waals surface area contributed by atoms with Gasteiger partial charge in [-0.2, -0.15) is 5.10 Å². The first-order valence-electron chi connectivity index (χ1n) is 7.15. The number of nitrogens with zero attached hydrogens (tertiary/aromatic N) is 2. The van der Waals surface area contributed by atoms with E-state index in [-0.39, 0.29) is 12.3 Å². The summed E-state index contributed by atoms with van der Waals surface area (Å²) < 4.78 is 5.16. The smallest absolute Gasteiger partial charge is 0.307 e. The van der Waals surface area contributed by atoms with E-state index < -0.39 is 5.97 Å². The number of ether oxygens (including phenoxy) is 1. The van der Waals surface area contributed by atoms with Gasteiger partial charge in [0.25, 0.3) is 5.91 Å². The number of amides is 1. The molecule has 0 radical (unpaired) electrons. The van der Waals surface area contributed by atoms with Gasteiger partial charge in [0.05, 0.1) is 19.2 Å². The van der Waals surface area contributed by atoms with E-state index in [2.05, 4.69) is 15.5 Å². The van der Waals surface area contributed by atoms with Crippen molar-refractivity contribution in [3.05, 3.63) is 59.4 Å². The van der Waals surface area contributed by atoms with Crippen LogP contribution in [0.4, 0.5) is 0 Å². The van der Waals surface area contributed by atoms with E-state index in [0.29, 0.717) is 28.2 Å². The number of aliphatic carboxylic acids is 1. The van der Waals surface area contributed by atoms with Crippen molar-refractivity contribution < 1.29 is 19.4 Å². The molecule has 0 saturated carbocycles. The lowest BCUT2D eigenvalue weighted by atomic mass is 10.0. The zero-order chi connectivity index (χ0) is 17.5. The van der Waals surface area contributed by atoms with Gasteiger partial charge in [-0.1, -0.05) is 0 Å². The molecule has 1 heterocycles. The molecule has 1 aromatic carbocycles. The number of rotatable bonds is 6. The predicted octanol–water partition coefficient (Wildman–Crippen LogP) is 1.87. The number of benzene rings is 1. The fourth-order valence-corrected chi connectivity index (χ4v) is 2.07. The molecule has 0 unspecified atom stereocenters. The number of aromatic nitrogens is 1. The highest BCUT2D eigenvalue weighted by Crippen LogP contribution is 2.21. The van der Waals surface area contributed by atoms with Crippen LogP contribution in [0.3, 0.4) is 0 Å². The highest BCUT2D eigenvalue weighted by atomic mass is 16.5. The second-order valence-corrected chi connectivity index (χ2v) is 4.97. The second kappa shape index (κ2) is 7.87. The van der Waals surface area contributed by atoms with Gasteiger partial charge in [-0.05, 0) is 42.8 Å². The number of methoxy groups -OCH3 is 1. The molecule has 0 saturated heterocycles. The first-order chi connectivity index (χ1) is 11.5. The van der Waals surface area contributed by atoms with Gasteiger partial charge in [-0.25, -0.2) is 5.43 Å². The molecular weight excluding hydrogens is 310 g/mol. The number of carbonyl (C=O) groups is 2. The van der Waals surface area contributed by atoms with Crippen LogP contribution in [0.5, 0.6) is 5.75 Å². The molecular formula is C17H17N3O4. The molecule has 2 aromatic rings. The quantitative estimate of drug-likeness (QED) is 0.623. The molecule has 0 fully saturated rings. The molecule has 2 rings (SSSR count). The van der Waals surface area contributed by atoms with Crippen molar-refractivity contribution in [2.24, 2.45) is 5.10 Å². The molecule has 24 heavy (non-hydrogen) atoms. The lowest BCUT2D eigenvalue weighted by Gasteiger charge is -2.09. The summed E-state index contributed by atoms with van der Waals surface area (Å²) in [4.78, 5) is 26.7. The van der Waals surface area contributed by atoms with Crippen molar-refractivity contribution in [1.29, 1.82) is 0 Å². The number of carboxylic acid groups (broad SMARTS) is 1. The van der Waals surface area contributed by atoms with Crippen LogP contribution in [0.25, 0.3) is 0 Å². The first kappa shape index (κ1) is 17.1. The van der Waals surface area contributed by atoms with E-state index in [0.717, 1.165) is 0 Å². The highest BCUT2D eigenvalue weighted by Gasteiger charge is 2.10. The van der Waals surface area contributed by atoms with Gasteiger partial charge in [-0.15, -0.1) is 0 Å². The van der Waals surface area contributed by atoms with Gasteiger partial charge in [0.1, 0.15) is 5.75 Å². The maximum Gasteiger partial charge on any atom is 0.307 e. The molecule has 1 amide bonds. The SMILES string of the molecule is COc1ccc(/C(C)=N\NC(=O)c2ccncc2)cc1CC(=O)O. The minimum atomic E-state index is -0.953. The van der Waals surface area contributed by atoms with E-state index in [1.807, 2.05) is 0 Å². The zero-order valence-corrected chi connectivity index (χ0v) is 13.3. The summed E-state index contributed by atoms with van der Waals surface area (Å²) in [6, 6.07) is 8.28. The lowest BCUT2D eigenvalue weighted by Crippen LogP contribution is -2.19. The summed E-state index contributed by atoms with van der Waals surface area (Å²) in [6.45, 7) is 1.72. The van der Waals surface area contributed by atoms with Crippen molar-refractivity contribution in [1.82, 2.24) is 10.4 Å². The summed E-state index contributed by atoms with van der Waals surface area (Å²) in [7, 11) is 1.48. The summed E-state index contributed by atoms with van der Waals surface area (Å²) in [5, 5.41) is 13.0. The summed E-state index contributed by atoms with van der Waals surface area (Å²) in [5.74, 6) is -0.808. The normalized spacial score (nSPS) is 11.0. The molecule has 1 aromatic heterocycles. The fourth-order valence-electron chi connectivity index (χ4n) is 2.07. The van der Waals surface area contributed by atoms with E-state index in [9.17, 15) is 9.59 Å². The highest BCUT2D eigenvalue weighted by molar-refractivity contribution is 6.01. The largest absolute Gasteiger partial charge is 0.496 e. The molecule has 0 aliphatic rings. The van der Waals surface area contributed by atoms with Crippen LogP contribution in [-0.4, -0.2) is 34.8 Å². The Balaban J connectivity index is 2.18. The van der Waals surface area contributed by atoms with Crippen LogP contribution in [-0.2, 0) is 11.2 Å². The summed E-state index contributed by atoms with van der Waals surface area (Å²) in [6.07, 6.45) is 2.88. The van der Waals surface area contributed by atoms with Gasteiger partial charge in [0, 0.05) is 23.5 Å². The van der Waals surface area contributed by atoms with E-state index >= 15 is 0 Å². The van der Waals surface area contributed by atoms with Crippen LogP contribution in [0.15, 0.2) is 47.8 Å². The molecule has 124 valence electrons. The fraction of sp³-hybridized carbons (Fsp3) is 0.176. The first-order valence-corrected chi connectivity index (χ1v) is 7.15. The number of pyridine rings is 1. The lowest BCUT2D eigenvalue weighted by molar-refractivity contribution is -0.136. The predicted molar refractivity (Wildman–Crippen MR) is 88.2 cm³/mol. The molecule has 7 heteroatoms. The Morgan fingerprint density at radius 2 is 1.92 bits per heavy atom. The number of hydrogen-bond donors (Lipinski definition) is 2. The number of carboxylic acids is 1. The zero-order valence-electron chi connectivity index (χ0n) is 13.3. The number of hydrazone groups is 1. The van der Waals surface area contributed by atoms with Gasteiger partial charge in [0.2, 0.25) is 0 Å². The second-order valence-electron chi connectivity index (χ2n) is 4.97. The van der Waals surface area contributed by atoms with Crippen molar-refractivity contribution in [3.8, 4) is 5.75 Å². The van der Waals surface area contributed by atoms with Crippen molar-refractivity contribution in [2.45, 2.75) is 13.3 Å². The Labute approximate surface area is 139 Å². The average molecular weight is 327 g/mol. The molecule has 0 aliphatic carbocycles. The molecule has 0 bridgehead atoms. The number of carbonyl (C=O) groups excluding carboxylic acids is 1. The third kappa shape index (κ3) is 4.39. The van der Waals surface area contributed by atoms with Crippen LogP contribution < -0.4 is 10.2 Å². The molecule has 0 atom stereocenters. The number of nitrogens with one attached hydrogen (secondary N) is 1. The Morgan fingerprint density at radius 3 is 2.54 bits per heavy atom. The maximum absolute atomic E-state index is 11.9. The monoisotopic (exact) mass is 327 g/mol. The van der Waals surface area contributed by atoms with Gasteiger partial charge < -0.3 is 9.84 Å². The summed E-state index contributed by atoms with van der Waals surface area (Å²) >= 11 is 0. The van der Waals surface area contributed by atoms with Crippen LogP contribution in [0.2, 0.25) is 0 Å². The van der Waals surface area contributed by atoms with E-state index in [4.69, 9.17) is 9.84 Å². The van der Waals surface area contributed by atoms with E-state index in [1.54, 1.807) is 37.3 Å². The van der Waals surface area contributed by atoms with Gasteiger partial charge in [0.15, 0.2) is 0 Å². The van der Waals surface area contributed by atoms with Gasteiger partial charge >= 0.3 is 5.97 Å². The molecule has 7 nitrogen and oxygen atoms in total. The van der Waals surface area contributed by atoms with Crippen molar-refractivity contribution >= 4 is 17.6 Å². The molecule has 2 N–H and O–H groups in total. The van der Waals surface area contributed by atoms with E-state index in [1.165, 1.54) is 19.5 Å². The Hall–Kier alpha value is -3.22. The Bertz CT molecular complexity index is 773. The Morgan fingerprint density at radius 1 is 1.21 bits per heavy atom.